The maximum Gasteiger partial charge on any atom is 0.0480 e. The van der Waals surface area contributed by atoms with Crippen molar-refractivity contribution in [3.8, 4) is 0 Å². The molecule has 1 heteroatoms. The molecule has 1 saturated carbocycles. The third-order valence-electron chi connectivity index (χ3n) is 4.10. The summed E-state index contributed by atoms with van der Waals surface area (Å²) in [4.78, 5) is 0. The van der Waals surface area contributed by atoms with Gasteiger partial charge in [0, 0.05) is 8.07 Å². The molecule has 2 unspecified atom stereocenters. The molecule has 1 aliphatic carbocycles. The molecule has 2 aromatic rings. The van der Waals surface area contributed by atoms with Crippen molar-refractivity contribution in [2.24, 2.45) is 0 Å². The number of hydrogen-bond donors (Lipinski definition) is 0. The Morgan fingerprint density at radius 1 is 0.941 bits per heavy atom. The minimum absolute atomic E-state index is 0.853. The van der Waals surface area contributed by atoms with E-state index in [2.05, 4.69) is 62.1 Å². The minimum atomic E-state index is -0.937. The summed E-state index contributed by atoms with van der Waals surface area (Å²) in [5.74, 6) is 0.853. The molecular weight excluding hydrogens is 220 g/mol. The van der Waals surface area contributed by atoms with Crippen LogP contribution in [0.25, 0.3) is 10.8 Å². The van der Waals surface area contributed by atoms with Crippen LogP contribution in [-0.4, -0.2) is 8.07 Å². The Kier molecular flexibility index (Phi) is 2.41. The third-order valence-corrected chi connectivity index (χ3v) is 6.97. The first-order chi connectivity index (χ1) is 8.05. The molecule has 0 nitrogen and oxygen atoms in total. The van der Waals surface area contributed by atoms with Gasteiger partial charge in [0.1, 0.15) is 0 Å². The van der Waals surface area contributed by atoms with Crippen LogP contribution in [-0.2, 0) is 0 Å². The van der Waals surface area contributed by atoms with Crippen molar-refractivity contribution in [1.82, 2.24) is 0 Å². The van der Waals surface area contributed by atoms with E-state index in [0.29, 0.717) is 0 Å². The summed E-state index contributed by atoms with van der Waals surface area (Å²) in [6, 6.07) is 15.7. The smallest absolute Gasteiger partial charge is 0.0480 e. The zero-order valence-electron chi connectivity index (χ0n) is 10.9. The molecule has 1 aliphatic rings. The lowest BCUT2D eigenvalue weighted by atomic mass is 10.0. The second-order valence-electron chi connectivity index (χ2n) is 6.42. The Labute approximate surface area is 105 Å². The number of fused-ring (bicyclic) bond motifs is 1. The maximum absolute atomic E-state index is 2.50. The van der Waals surface area contributed by atoms with Gasteiger partial charge in [-0.05, 0) is 34.2 Å². The van der Waals surface area contributed by atoms with E-state index in [4.69, 9.17) is 0 Å². The Morgan fingerprint density at radius 2 is 1.65 bits per heavy atom. The second-order valence-corrected chi connectivity index (χ2v) is 11.9. The van der Waals surface area contributed by atoms with E-state index in [0.717, 1.165) is 11.5 Å². The number of rotatable bonds is 2. The lowest BCUT2D eigenvalue weighted by molar-refractivity contribution is 1.11. The molecule has 0 spiro atoms. The SMILES string of the molecule is C[Si](C)(C)C1CC1c1ccc2ccccc2c1. The summed E-state index contributed by atoms with van der Waals surface area (Å²) in [6.45, 7) is 7.50. The summed E-state index contributed by atoms with van der Waals surface area (Å²) in [5.41, 5.74) is 2.57. The van der Waals surface area contributed by atoms with Gasteiger partial charge in [0.25, 0.3) is 0 Å². The average molecular weight is 240 g/mol. The molecule has 1 fully saturated rings. The van der Waals surface area contributed by atoms with Crippen LogP contribution in [0.5, 0.6) is 0 Å². The van der Waals surface area contributed by atoms with Gasteiger partial charge in [0.2, 0.25) is 0 Å². The quantitative estimate of drug-likeness (QED) is 0.645. The normalized spacial score (nSPS) is 23.9. The van der Waals surface area contributed by atoms with Crippen LogP contribution >= 0.6 is 0 Å². The van der Waals surface area contributed by atoms with Crippen molar-refractivity contribution in [3.05, 3.63) is 48.0 Å². The van der Waals surface area contributed by atoms with Crippen molar-refractivity contribution >= 4 is 18.8 Å². The van der Waals surface area contributed by atoms with Crippen molar-refractivity contribution in [3.63, 3.8) is 0 Å². The Morgan fingerprint density at radius 3 is 2.29 bits per heavy atom. The van der Waals surface area contributed by atoms with Gasteiger partial charge in [-0.15, -0.1) is 0 Å². The zero-order valence-corrected chi connectivity index (χ0v) is 11.9. The van der Waals surface area contributed by atoms with Crippen LogP contribution in [0.3, 0.4) is 0 Å². The first-order valence-corrected chi connectivity index (χ1v) is 10.1. The summed E-state index contributed by atoms with van der Waals surface area (Å²) >= 11 is 0. The van der Waals surface area contributed by atoms with Crippen LogP contribution < -0.4 is 0 Å². The Bertz CT molecular complexity index is 551. The van der Waals surface area contributed by atoms with E-state index in [9.17, 15) is 0 Å². The fourth-order valence-electron chi connectivity index (χ4n) is 2.96. The van der Waals surface area contributed by atoms with Gasteiger partial charge < -0.3 is 0 Å². The topological polar surface area (TPSA) is 0 Å². The fourth-order valence-corrected chi connectivity index (χ4v) is 5.32. The highest BCUT2D eigenvalue weighted by atomic mass is 28.3. The van der Waals surface area contributed by atoms with E-state index in [-0.39, 0.29) is 0 Å². The van der Waals surface area contributed by atoms with Crippen molar-refractivity contribution < 1.29 is 0 Å². The van der Waals surface area contributed by atoms with Crippen LogP contribution in [0.2, 0.25) is 25.2 Å². The van der Waals surface area contributed by atoms with Gasteiger partial charge in [-0.1, -0.05) is 62.1 Å². The highest BCUT2D eigenvalue weighted by molar-refractivity contribution is 6.78. The molecule has 0 amide bonds. The summed E-state index contributed by atoms with van der Waals surface area (Å²) in [7, 11) is -0.937. The second kappa shape index (κ2) is 3.71. The predicted octanol–water partition coefficient (Wildman–Crippen LogP) is 5.04. The van der Waals surface area contributed by atoms with E-state index < -0.39 is 8.07 Å². The highest BCUT2D eigenvalue weighted by Gasteiger charge is 2.46. The summed E-state index contributed by atoms with van der Waals surface area (Å²) in [6.07, 6.45) is 1.42. The van der Waals surface area contributed by atoms with Gasteiger partial charge >= 0.3 is 0 Å². The van der Waals surface area contributed by atoms with Gasteiger partial charge in [-0.3, -0.25) is 0 Å². The zero-order chi connectivity index (χ0) is 12.0. The van der Waals surface area contributed by atoms with Gasteiger partial charge in [-0.2, -0.15) is 0 Å². The van der Waals surface area contributed by atoms with Crippen molar-refractivity contribution in [1.29, 1.82) is 0 Å². The van der Waals surface area contributed by atoms with Crippen LogP contribution in [0.15, 0.2) is 42.5 Å². The van der Waals surface area contributed by atoms with Crippen molar-refractivity contribution in [2.45, 2.75) is 37.5 Å². The van der Waals surface area contributed by atoms with Gasteiger partial charge in [0.05, 0.1) is 0 Å². The highest BCUT2D eigenvalue weighted by Crippen LogP contribution is 2.58. The molecule has 0 bridgehead atoms. The number of benzene rings is 2. The monoisotopic (exact) mass is 240 g/mol. The Balaban J connectivity index is 1.93. The predicted molar refractivity (Wildman–Crippen MR) is 78.4 cm³/mol. The fraction of sp³-hybridized carbons (Fsp3) is 0.375. The third kappa shape index (κ3) is 2.04. The van der Waals surface area contributed by atoms with Crippen molar-refractivity contribution in [2.75, 3.05) is 0 Å². The van der Waals surface area contributed by atoms with Crippen LogP contribution in [0.4, 0.5) is 0 Å². The molecule has 0 radical (unpaired) electrons. The molecule has 0 aromatic heterocycles. The van der Waals surface area contributed by atoms with E-state index in [1.165, 1.54) is 17.2 Å². The maximum atomic E-state index is 2.50. The van der Waals surface area contributed by atoms with Crippen LogP contribution in [0.1, 0.15) is 17.9 Å². The lowest BCUT2D eigenvalue weighted by Crippen LogP contribution is -2.20. The van der Waals surface area contributed by atoms with E-state index >= 15 is 0 Å². The first-order valence-electron chi connectivity index (χ1n) is 6.54. The summed E-state index contributed by atoms with van der Waals surface area (Å²) in [5, 5.41) is 2.76. The molecule has 0 aliphatic heterocycles. The molecular formula is C16H20Si. The standard InChI is InChI=1S/C16H20Si/c1-17(2,3)16-11-15(16)14-9-8-12-6-4-5-7-13(12)10-14/h4-10,15-16H,11H2,1-3H3. The largest absolute Gasteiger partial charge is 0.0693 e. The number of hydrogen-bond acceptors (Lipinski definition) is 0. The molecule has 2 atom stereocenters. The molecule has 17 heavy (non-hydrogen) atoms. The van der Waals surface area contributed by atoms with Gasteiger partial charge in [-0.25, -0.2) is 0 Å². The molecule has 2 aromatic carbocycles. The lowest BCUT2D eigenvalue weighted by Gasteiger charge is -2.15. The molecule has 0 N–H and O–H groups in total. The summed E-state index contributed by atoms with van der Waals surface area (Å²) < 4.78 is 0. The minimum Gasteiger partial charge on any atom is -0.0693 e. The van der Waals surface area contributed by atoms with Crippen LogP contribution in [0, 0.1) is 0 Å². The van der Waals surface area contributed by atoms with E-state index in [1.807, 2.05) is 0 Å². The first kappa shape index (κ1) is 11.0. The molecule has 3 rings (SSSR count). The molecule has 0 saturated heterocycles. The average Bonchev–Trinajstić information content (AvgIpc) is 3.08. The molecule has 88 valence electrons. The molecule has 0 heterocycles. The Hall–Kier alpha value is -1.08. The van der Waals surface area contributed by atoms with E-state index in [1.54, 1.807) is 5.56 Å². The van der Waals surface area contributed by atoms with Gasteiger partial charge in [0.15, 0.2) is 0 Å².